The van der Waals surface area contributed by atoms with Gasteiger partial charge in [0.05, 0.1) is 6.04 Å². The number of halogens is 3. The number of carboxylic acid groups (broad SMARTS) is 1. The van der Waals surface area contributed by atoms with Gasteiger partial charge >= 0.3 is 21.6 Å². The first-order chi connectivity index (χ1) is 15.3. The first-order valence-corrected chi connectivity index (χ1v) is 10.8. The molecule has 1 aromatic rings. The number of carboxylic acids is 1. The van der Waals surface area contributed by atoms with Crippen LogP contribution in [0.25, 0.3) is 0 Å². The summed E-state index contributed by atoms with van der Waals surface area (Å²) in [7, 11) is -5.03. The third-order valence-corrected chi connectivity index (χ3v) is 5.96. The van der Waals surface area contributed by atoms with E-state index in [2.05, 4.69) is 28.9 Å². The first kappa shape index (κ1) is 24.2. The summed E-state index contributed by atoms with van der Waals surface area (Å²) in [4.78, 5) is 45.6. The van der Waals surface area contributed by atoms with Gasteiger partial charge in [0.2, 0.25) is 11.5 Å². The van der Waals surface area contributed by atoms with Crippen LogP contribution in [0.3, 0.4) is 0 Å². The van der Waals surface area contributed by atoms with Gasteiger partial charge in [-0.25, -0.2) is 4.79 Å². The average Bonchev–Trinajstić information content (AvgIpc) is 3.14. The van der Waals surface area contributed by atoms with Gasteiger partial charge in [0.15, 0.2) is 16.6 Å². The molecule has 2 amide bonds. The van der Waals surface area contributed by atoms with Crippen LogP contribution in [0.15, 0.2) is 16.6 Å². The number of fused-ring (bicyclic) bond motifs is 1. The van der Waals surface area contributed by atoms with Crippen LogP contribution in [0.1, 0.15) is 18.7 Å². The fourth-order valence-electron chi connectivity index (χ4n) is 3.11. The minimum atomic E-state index is -6.16. The van der Waals surface area contributed by atoms with E-state index in [9.17, 15) is 41.1 Å². The van der Waals surface area contributed by atoms with Crippen LogP contribution >= 0.6 is 11.5 Å². The predicted octanol–water partition coefficient (Wildman–Crippen LogP) is -0.877. The lowest BCUT2D eigenvalue weighted by Gasteiger charge is -2.49. The van der Waals surface area contributed by atoms with Gasteiger partial charge in [0.25, 0.3) is 11.8 Å². The fourth-order valence-corrected chi connectivity index (χ4v) is 4.06. The molecular formula is C14H13F3N6O8S2. The molecule has 0 radical (unpaired) electrons. The molecule has 2 atom stereocenters. The van der Waals surface area contributed by atoms with Crippen LogP contribution in [-0.2, 0) is 33.5 Å². The number of carbonyl (C=O) groups is 3. The Morgan fingerprint density at radius 1 is 1.39 bits per heavy atom. The molecule has 3 heterocycles. The average molecular weight is 514 g/mol. The van der Waals surface area contributed by atoms with Gasteiger partial charge in [-0.15, -0.1) is 0 Å². The second-order valence-corrected chi connectivity index (χ2v) is 8.73. The quantitative estimate of drug-likeness (QED) is 0.134. The van der Waals surface area contributed by atoms with E-state index in [0.717, 1.165) is 18.6 Å². The Labute approximate surface area is 186 Å². The molecule has 2 aliphatic rings. The molecule has 1 saturated heterocycles. The second kappa shape index (κ2) is 8.46. The maximum atomic E-state index is 12.6. The molecule has 33 heavy (non-hydrogen) atoms. The van der Waals surface area contributed by atoms with Crippen molar-refractivity contribution < 1.29 is 50.1 Å². The van der Waals surface area contributed by atoms with Crippen molar-refractivity contribution in [2.75, 3.05) is 12.8 Å². The number of nitrogen functional groups attached to an aromatic ring is 1. The highest BCUT2D eigenvalue weighted by Crippen LogP contribution is 2.39. The molecule has 14 nitrogen and oxygen atoms in total. The number of nitrogens with one attached hydrogen (secondary N) is 1. The van der Waals surface area contributed by atoms with E-state index in [1.807, 2.05) is 0 Å². The standard InChI is InChI=1S/C14H13F3N6O8S2/c1-30-21-7(9-20-13(18)32-22-9)10(24)19-6-4-2-3-5(31-33(28,29)14(15,16)17)8(12(26)27)23(4)11(6)25/h4,6H,2-3H2,1H3,(H,19,24)(H,26,27)(H2,18,20,22)/b21-7+/t4?,6-/m0/s1. The largest absolute Gasteiger partial charge is 0.534 e. The number of rotatable bonds is 7. The van der Waals surface area contributed by atoms with Gasteiger partial charge in [-0.1, -0.05) is 5.16 Å². The lowest BCUT2D eigenvalue weighted by atomic mass is 9.85. The summed E-state index contributed by atoms with van der Waals surface area (Å²) in [5.74, 6) is -5.16. The Morgan fingerprint density at radius 3 is 2.58 bits per heavy atom. The fraction of sp³-hybridized carbons (Fsp3) is 0.429. The summed E-state index contributed by atoms with van der Waals surface area (Å²) in [6.45, 7) is 0. The summed E-state index contributed by atoms with van der Waals surface area (Å²) >= 11 is 0.754. The number of aromatic nitrogens is 2. The second-order valence-electron chi connectivity index (χ2n) is 6.40. The number of hydrogen-bond donors (Lipinski definition) is 3. The number of anilines is 1. The highest BCUT2D eigenvalue weighted by atomic mass is 32.2. The zero-order valence-corrected chi connectivity index (χ0v) is 17.8. The van der Waals surface area contributed by atoms with Crippen LogP contribution in [0, 0.1) is 0 Å². The predicted molar refractivity (Wildman–Crippen MR) is 100 cm³/mol. The molecule has 0 aliphatic carbocycles. The van der Waals surface area contributed by atoms with Crippen LogP contribution in [0.5, 0.6) is 0 Å². The van der Waals surface area contributed by atoms with Crippen molar-refractivity contribution in [1.29, 1.82) is 0 Å². The number of aliphatic carboxylic acids is 1. The SMILES string of the molecule is CO/N=C(/C(=O)N[C@@H]1C(=O)N2C(C(=O)O)=C(OS(=O)(=O)C(F)(F)F)CCC12)c1nsc(N)n1. The van der Waals surface area contributed by atoms with E-state index in [1.165, 1.54) is 0 Å². The summed E-state index contributed by atoms with van der Waals surface area (Å²) in [6.07, 6.45) is -0.782. The lowest BCUT2D eigenvalue weighted by Crippen LogP contribution is -2.72. The Balaban J connectivity index is 1.83. The van der Waals surface area contributed by atoms with Crippen molar-refractivity contribution in [3.8, 4) is 0 Å². The summed E-state index contributed by atoms with van der Waals surface area (Å²) < 4.78 is 68.2. The maximum Gasteiger partial charge on any atom is 0.534 e. The van der Waals surface area contributed by atoms with Crippen molar-refractivity contribution >= 4 is 50.3 Å². The van der Waals surface area contributed by atoms with Crippen LogP contribution in [0.2, 0.25) is 0 Å². The number of amides is 2. The lowest BCUT2D eigenvalue weighted by molar-refractivity contribution is -0.156. The highest BCUT2D eigenvalue weighted by molar-refractivity contribution is 7.87. The number of nitrogens with two attached hydrogens (primary N) is 1. The Kier molecular flexibility index (Phi) is 6.20. The highest BCUT2D eigenvalue weighted by Gasteiger charge is 2.56. The Bertz CT molecular complexity index is 1180. The molecule has 2 aliphatic heterocycles. The van der Waals surface area contributed by atoms with Crippen molar-refractivity contribution in [3.05, 3.63) is 17.3 Å². The van der Waals surface area contributed by atoms with E-state index < -0.39 is 69.1 Å². The molecule has 180 valence electrons. The normalized spacial score (nSPS) is 21.3. The number of β-lactam (4-membered cyclic amide) rings is 1. The third kappa shape index (κ3) is 4.40. The molecule has 1 unspecified atom stereocenters. The van der Waals surface area contributed by atoms with Gasteiger partial charge in [-0.3, -0.25) is 14.5 Å². The van der Waals surface area contributed by atoms with Crippen LogP contribution in [-0.4, -0.2) is 76.0 Å². The minimum absolute atomic E-state index is 0.0114. The summed E-state index contributed by atoms with van der Waals surface area (Å²) in [5, 5.41) is 15.1. The molecule has 1 aromatic heterocycles. The smallest absolute Gasteiger partial charge is 0.476 e. The van der Waals surface area contributed by atoms with E-state index in [4.69, 9.17) is 5.73 Å². The number of oxime groups is 1. The van der Waals surface area contributed by atoms with Gasteiger partial charge < -0.3 is 25.2 Å². The van der Waals surface area contributed by atoms with Gasteiger partial charge in [0, 0.05) is 18.0 Å². The van der Waals surface area contributed by atoms with Crippen molar-refractivity contribution in [2.45, 2.75) is 30.4 Å². The van der Waals surface area contributed by atoms with E-state index in [0.29, 0.717) is 4.90 Å². The molecule has 0 spiro atoms. The number of hydrogen-bond acceptors (Lipinski definition) is 12. The zero-order valence-electron chi connectivity index (χ0n) is 16.2. The number of allylic oxidation sites excluding steroid dienone is 1. The minimum Gasteiger partial charge on any atom is -0.476 e. The maximum absolute atomic E-state index is 12.6. The van der Waals surface area contributed by atoms with Gasteiger partial charge in [0.1, 0.15) is 13.2 Å². The topological polar surface area (TPSA) is 203 Å². The molecule has 0 aromatic carbocycles. The third-order valence-electron chi connectivity index (χ3n) is 4.43. The molecule has 19 heteroatoms. The molecular weight excluding hydrogens is 501 g/mol. The summed E-state index contributed by atoms with van der Waals surface area (Å²) in [5.41, 5.74) is -1.86. The molecule has 3 rings (SSSR count). The monoisotopic (exact) mass is 514 g/mol. The van der Waals surface area contributed by atoms with Crippen LogP contribution in [0.4, 0.5) is 18.3 Å². The van der Waals surface area contributed by atoms with Crippen LogP contribution < -0.4 is 11.1 Å². The molecule has 0 bridgehead atoms. The molecule has 4 N–H and O–H groups in total. The zero-order chi connectivity index (χ0) is 24.7. The first-order valence-electron chi connectivity index (χ1n) is 8.60. The molecule has 1 fully saturated rings. The Hall–Kier alpha value is -3.48. The number of alkyl halides is 3. The van der Waals surface area contributed by atoms with Crippen molar-refractivity contribution in [1.82, 2.24) is 19.6 Å². The number of nitrogens with zero attached hydrogens (tertiary/aromatic N) is 4. The number of carbonyl (C=O) groups excluding carboxylic acids is 2. The van der Waals surface area contributed by atoms with E-state index >= 15 is 0 Å². The Morgan fingerprint density at radius 2 is 2.06 bits per heavy atom. The van der Waals surface area contributed by atoms with E-state index in [1.54, 1.807) is 0 Å². The van der Waals surface area contributed by atoms with E-state index in [-0.39, 0.29) is 17.4 Å². The molecule has 0 saturated carbocycles. The van der Waals surface area contributed by atoms with Crippen molar-refractivity contribution in [3.63, 3.8) is 0 Å². The van der Waals surface area contributed by atoms with Crippen molar-refractivity contribution in [2.24, 2.45) is 5.16 Å². The summed E-state index contributed by atoms with van der Waals surface area (Å²) in [6, 6.07) is -2.31. The van der Waals surface area contributed by atoms with Gasteiger partial charge in [-0.05, 0) is 6.42 Å². The van der Waals surface area contributed by atoms with Gasteiger partial charge in [-0.2, -0.15) is 30.9 Å².